The van der Waals surface area contributed by atoms with Crippen LogP contribution in [0.3, 0.4) is 0 Å². The summed E-state index contributed by atoms with van der Waals surface area (Å²) in [5.74, 6) is -0.228. The number of H-pyrrole nitrogens is 1. The van der Waals surface area contributed by atoms with E-state index in [1.165, 1.54) is 6.07 Å². The summed E-state index contributed by atoms with van der Waals surface area (Å²) in [6, 6.07) is 1.83. The first-order valence-electron chi connectivity index (χ1n) is 6.37. The minimum absolute atomic E-state index is 0.0262. The van der Waals surface area contributed by atoms with Gasteiger partial charge in [-0.3, -0.25) is 9.78 Å². The Morgan fingerprint density at radius 3 is 2.81 bits per heavy atom. The minimum Gasteiger partial charge on any atom is -0.339 e. The molecular formula is C13H13BrClFN4O. The first kappa shape index (κ1) is 14.7. The monoisotopic (exact) mass is 374 g/mol. The van der Waals surface area contributed by atoms with Crippen LogP contribution < -0.4 is 10.5 Å². The molecule has 0 radical (unpaired) electrons. The molecule has 1 fully saturated rings. The number of anilines is 1. The maximum atomic E-state index is 14.2. The zero-order chi connectivity index (χ0) is 15.3. The molecule has 8 heteroatoms. The minimum atomic E-state index is -0.616. The molecule has 2 heterocycles. The number of halogens is 3. The molecule has 3 rings (SSSR count). The molecule has 21 heavy (non-hydrogen) atoms. The lowest BCUT2D eigenvalue weighted by atomic mass is 10.1. The summed E-state index contributed by atoms with van der Waals surface area (Å²) >= 11 is 8.94. The normalized spacial score (nSPS) is 15.8. The predicted octanol–water partition coefficient (Wildman–Crippen LogP) is 2.23. The van der Waals surface area contributed by atoms with E-state index in [0.29, 0.717) is 12.0 Å². The van der Waals surface area contributed by atoms with Crippen LogP contribution in [-0.4, -0.2) is 48.1 Å². The summed E-state index contributed by atoms with van der Waals surface area (Å²) in [6.07, 6.45) is 0. The molecule has 1 saturated heterocycles. The molecule has 112 valence electrons. The first-order chi connectivity index (χ1) is 9.88. The number of likely N-dealkylation sites (N-methyl/N-ethyl adjacent to an activating group) is 1. The van der Waals surface area contributed by atoms with Crippen molar-refractivity contribution in [2.24, 2.45) is 0 Å². The van der Waals surface area contributed by atoms with Crippen LogP contribution in [0.4, 0.5) is 10.3 Å². The highest BCUT2D eigenvalue weighted by molar-refractivity contribution is 9.10. The molecule has 0 saturated carbocycles. The second-order valence-electron chi connectivity index (χ2n) is 5.29. The lowest BCUT2D eigenvalue weighted by Crippen LogP contribution is -2.58. The second-order valence-corrected chi connectivity index (χ2v) is 6.49. The Morgan fingerprint density at radius 1 is 1.52 bits per heavy atom. The lowest BCUT2D eigenvalue weighted by molar-refractivity contribution is 0.245. The average molecular weight is 376 g/mol. The zero-order valence-corrected chi connectivity index (χ0v) is 13.8. The van der Waals surface area contributed by atoms with Crippen LogP contribution in [0.15, 0.2) is 15.3 Å². The fourth-order valence-corrected chi connectivity index (χ4v) is 2.77. The number of hydrogen-bond acceptors (Lipinski definition) is 4. The van der Waals surface area contributed by atoms with Gasteiger partial charge in [0.05, 0.1) is 14.9 Å². The van der Waals surface area contributed by atoms with Crippen LogP contribution in [0.2, 0.25) is 5.02 Å². The predicted molar refractivity (Wildman–Crippen MR) is 84.7 cm³/mol. The fraction of sp³-hybridized carbons (Fsp3) is 0.385. The summed E-state index contributed by atoms with van der Waals surface area (Å²) in [5, 5.41) is 0.297. The summed E-state index contributed by atoms with van der Waals surface area (Å²) in [6.45, 7) is 1.50. The van der Waals surface area contributed by atoms with E-state index in [1.807, 2.05) is 19.0 Å². The number of rotatable bonds is 2. The number of nitrogens with one attached hydrogen (secondary N) is 1. The average Bonchev–Trinajstić information content (AvgIpc) is 2.35. The van der Waals surface area contributed by atoms with E-state index in [0.717, 1.165) is 13.1 Å². The van der Waals surface area contributed by atoms with Crippen LogP contribution in [0.25, 0.3) is 10.9 Å². The number of benzene rings is 1. The van der Waals surface area contributed by atoms with E-state index in [4.69, 9.17) is 11.6 Å². The molecule has 0 spiro atoms. The van der Waals surface area contributed by atoms with Gasteiger partial charge in [-0.2, -0.15) is 0 Å². The third kappa shape index (κ3) is 2.43. The number of hydrogen-bond donors (Lipinski definition) is 1. The molecule has 0 atom stereocenters. The van der Waals surface area contributed by atoms with Gasteiger partial charge in [-0.1, -0.05) is 11.6 Å². The van der Waals surface area contributed by atoms with Crippen LogP contribution in [0, 0.1) is 5.82 Å². The van der Waals surface area contributed by atoms with E-state index in [9.17, 15) is 9.18 Å². The molecule has 1 aromatic heterocycles. The molecule has 1 aliphatic rings. The Bertz CT molecular complexity index is 773. The zero-order valence-electron chi connectivity index (χ0n) is 11.5. The van der Waals surface area contributed by atoms with Gasteiger partial charge in [-0.25, -0.2) is 9.37 Å². The molecule has 2 aromatic rings. The molecular weight excluding hydrogens is 363 g/mol. The number of aromatic nitrogens is 2. The number of nitrogens with zero attached hydrogens (tertiary/aromatic N) is 3. The lowest BCUT2D eigenvalue weighted by Gasteiger charge is -2.42. The molecule has 0 unspecified atom stereocenters. The van der Waals surface area contributed by atoms with Gasteiger partial charge in [-0.15, -0.1) is 0 Å². The Balaban J connectivity index is 2.06. The van der Waals surface area contributed by atoms with Gasteiger partial charge >= 0.3 is 0 Å². The fourth-order valence-electron chi connectivity index (χ4n) is 2.28. The van der Waals surface area contributed by atoms with Gasteiger partial charge in [-0.05, 0) is 36.1 Å². The maximum absolute atomic E-state index is 14.2. The van der Waals surface area contributed by atoms with Crippen LogP contribution in [0.5, 0.6) is 0 Å². The van der Waals surface area contributed by atoms with E-state index in [-0.39, 0.29) is 20.4 Å². The Kier molecular flexibility index (Phi) is 3.67. The maximum Gasteiger partial charge on any atom is 0.260 e. The van der Waals surface area contributed by atoms with Crippen molar-refractivity contribution >= 4 is 44.4 Å². The van der Waals surface area contributed by atoms with Crippen LogP contribution in [0.1, 0.15) is 0 Å². The highest BCUT2D eigenvalue weighted by Gasteiger charge is 2.30. The van der Waals surface area contributed by atoms with Crippen LogP contribution >= 0.6 is 27.5 Å². The van der Waals surface area contributed by atoms with Crippen molar-refractivity contribution in [1.29, 1.82) is 0 Å². The number of aromatic amines is 1. The van der Waals surface area contributed by atoms with E-state index in [2.05, 4.69) is 30.8 Å². The highest BCUT2D eigenvalue weighted by Crippen LogP contribution is 2.31. The Labute approximate surface area is 133 Å². The summed E-state index contributed by atoms with van der Waals surface area (Å²) in [5.41, 5.74) is -0.366. The highest BCUT2D eigenvalue weighted by atomic mass is 79.9. The molecule has 1 N–H and O–H groups in total. The SMILES string of the molecule is CN(C)C1CN(c2nc3c(F)c(Br)c(Cl)cc3c(=O)[nH]2)C1. The van der Waals surface area contributed by atoms with Crippen molar-refractivity contribution in [3.05, 3.63) is 31.7 Å². The van der Waals surface area contributed by atoms with E-state index in [1.54, 1.807) is 0 Å². The summed E-state index contributed by atoms with van der Waals surface area (Å²) in [4.78, 5) is 23.0. The molecule has 1 aromatic carbocycles. The van der Waals surface area contributed by atoms with Crippen molar-refractivity contribution in [3.63, 3.8) is 0 Å². The largest absolute Gasteiger partial charge is 0.339 e. The topological polar surface area (TPSA) is 52.2 Å². The van der Waals surface area contributed by atoms with Crippen molar-refractivity contribution in [2.75, 3.05) is 32.1 Å². The molecule has 0 amide bonds. The van der Waals surface area contributed by atoms with Gasteiger partial charge in [0.25, 0.3) is 5.56 Å². The molecule has 0 aliphatic carbocycles. The van der Waals surface area contributed by atoms with E-state index >= 15 is 0 Å². The standard InChI is InChI=1S/C13H13BrClFN4O/c1-19(2)6-4-20(5-6)13-17-11-7(12(21)18-13)3-8(15)9(14)10(11)16/h3,6H,4-5H2,1-2H3,(H,17,18,21). The van der Waals surface area contributed by atoms with Gasteiger partial charge < -0.3 is 9.80 Å². The van der Waals surface area contributed by atoms with Crippen molar-refractivity contribution in [2.45, 2.75) is 6.04 Å². The Morgan fingerprint density at radius 2 is 2.19 bits per heavy atom. The smallest absolute Gasteiger partial charge is 0.260 e. The molecule has 5 nitrogen and oxygen atoms in total. The van der Waals surface area contributed by atoms with Crippen molar-refractivity contribution < 1.29 is 4.39 Å². The third-order valence-corrected chi connectivity index (χ3v) is 5.02. The van der Waals surface area contributed by atoms with Gasteiger partial charge in [0.2, 0.25) is 5.95 Å². The van der Waals surface area contributed by atoms with Crippen molar-refractivity contribution in [3.8, 4) is 0 Å². The summed E-state index contributed by atoms with van der Waals surface area (Å²) < 4.78 is 14.4. The molecule has 0 bridgehead atoms. The first-order valence-corrected chi connectivity index (χ1v) is 7.54. The quantitative estimate of drug-likeness (QED) is 0.818. The van der Waals surface area contributed by atoms with Crippen molar-refractivity contribution in [1.82, 2.24) is 14.9 Å². The summed E-state index contributed by atoms with van der Waals surface area (Å²) in [7, 11) is 3.99. The number of fused-ring (bicyclic) bond motifs is 1. The molecule has 1 aliphatic heterocycles. The van der Waals surface area contributed by atoms with E-state index < -0.39 is 11.4 Å². The third-order valence-electron chi connectivity index (χ3n) is 3.72. The van der Waals surface area contributed by atoms with Gasteiger partial charge in [0, 0.05) is 19.1 Å². The Hall–Kier alpha value is -1.18. The van der Waals surface area contributed by atoms with Gasteiger partial charge in [0.15, 0.2) is 5.82 Å². The second kappa shape index (κ2) is 5.23. The van der Waals surface area contributed by atoms with Crippen LogP contribution in [-0.2, 0) is 0 Å². The van der Waals surface area contributed by atoms with Gasteiger partial charge in [0.1, 0.15) is 5.52 Å².